The van der Waals surface area contributed by atoms with Crippen LogP contribution in [-0.4, -0.2) is 55.5 Å². The number of nitrogens with zero attached hydrogens (tertiary/aromatic N) is 2. The normalized spacial score (nSPS) is 20.8. The molecule has 0 aliphatic carbocycles. The summed E-state index contributed by atoms with van der Waals surface area (Å²) in [6.45, 7) is 2.11. The van der Waals surface area contributed by atoms with Crippen molar-refractivity contribution in [3.05, 3.63) is 0 Å². The molecule has 0 aromatic carbocycles. The highest BCUT2D eigenvalue weighted by molar-refractivity contribution is 5.85. The molecule has 1 rings (SSSR count). The molecule has 0 saturated carbocycles. The van der Waals surface area contributed by atoms with E-state index in [1.165, 1.54) is 6.42 Å². The van der Waals surface area contributed by atoms with E-state index in [-0.39, 0.29) is 18.3 Å². The lowest BCUT2D eigenvalue weighted by Crippen LogP contribution is -2.47. The summed E-state index contributed by atoms with van der Waals surface area (Å²) in [5.74, 6) is 0.248. The van der Waals surface area contributed by atoms with E-state index in [0.717, 1.165) is 25.8 Å². The van der Waals surface area contributed by atoms with Gasteiger partial charge >= 0.3 is 0 Å². The molecule has 0 bridgehead atoms. The first-order chi connectivity index (χ1) is 7.15. The number of likely N-dealkylation sites (tertiary alicyclic amines) is 1. The van der Waals surface area contributed by atoms with E-state index in [1.807, 2.05) is 23.9 Å². The number of carbonyl (C=O) groups excluding carboxylic acids is 1. The molecule has 1 heterocycles. The fourth-order valence-electron chi connectivity index (χ4n) is 2.18. The van der Waals surface area contributed by atoms with Crippen molar-refractivity contribution in [2.24, 2.45) is 5.73 Å². The predicted octanol–water partition coefficient (Wildman–Crippen LogP) is 0.700. The zero-order chi connectivity index (χ0) is 11.3. The Labute approximate surface area is 105 Å². The third kappa shape index (κ3) is 4.68. The molecule has 1 amide bonds. The maximum absolute atomic E-state index is 11.9. The van der Waals surface area contributed by atoms with E-state index in [9.17, 15) is 4.79 Å². The summed E-state index contributed by atoms with van der Waals surface area (Å²) in [6, 6.07) is 0.385. The molecule has 2 N–H and O–H groups in total. The maximum atomic E-state index is 11.9. The highest BCUT2D eigenvalue weighted by Crippen LogP contribution is 2.19. The lowest BCUT2D eigenvalue weighted by atomic mass is 9.99. The van der Waals surface area contributed by atoms with Gasteiger partial charge in [0.2, 0.25) is 5.91 Å². The molecule has 0 spiro atoms. The number of hydrogen-bond donors (Lipinski definition) is 1. The first-order valence-corrected chi connectivity index (χ1v) is 5.79. The molecule has 4 nitrogen and oxygen atoms in total. The van der Waals surface area contributed by atoms with Gasteiger partial charge < -0.3 is 15.5 Å². The number of rotatable bonds is 4. The third-order valence-corrected chi connectivity index (χ3v) is 2.90. The predicted molar refractivity (Wildman–Crippen MR) is 68.8 cm³/mol. The van der Waals surface area contributed by atoms with Crippen LogP contribution in [-0.2, 0) is 4.79 Å². The van der Waals surface area contributed by atoms with Crippen LogP contribution in [0.2, 0.25) is 0 Å². The monoisotopic (exact) mass is 249 g/mol. The minimum absolute atomic E-state index is 0. The van der Waals surface area contributed by atoms with Crippen molar-refractivity contribution in [2.75, 3.05) is 33.7 Å². The third-order valence-electron chi connectivity index (χ3n) is 2.90. The fraction of sp³-hybridized carbons (Fsp3) is 0.909. The van der Waals surface area contributed by atoms with E-state index >= 15 is 0 Å². The van der Waals surface area contributed by atoms with Gasteiger partial charge in [-0.3, -0.25) is 4.79 Å². The Morgan fingerprint density at radius 2 is 2.12 bits per heavy atom. The number of hydrogen-bond acceptors (Lipinski definition) is 3. The molecule has 1 saturated heterocycles. The Kier molecular flexibility index (Phi) is 7.72. The van der Waals surface area contributed by atoms with Crippen LogP contribution in [0.3, 0.4) is 0 Å². The summed E-state index contributed by atoms with van der Waals surface area (Å²) < 4.78 is 0. The van der Waals surface area contributed by atoms with Crippen LogP contribution >= 0.6 is 12.4 Å². The van der Waals surface area contributed by atoms with Crippen molar-refractivity contribution in [3.63, 3.8) is 0 Å². The average molecular weight is 250 g/mol. The first-order valence-electron chi connectivity index (χ1n) is 5.79. The van der Waals surface area contributed by atoms with E-state index in [2.05, 4.69) is 0 Å². The smallest absolute Gasteiger partial charge is 0.236 e. The second kappa shape index (κ2) is 7.87. The van der Waals surface area contributed by atoms with Crippen LogP contribution < -0.4 is 5.73 Å². The molecule has 1 fully saturated rings. The van der Waals surface area contributed by atoms with Crippen LogP contribution in [0.1, 0.15) is 25.7 Å². The molecule has 1 aliphatic heterocycles. The van der Waals surface area contributed by atoms with Crippen molar-refractivity contribution in [3.8, 4) is 0 Å². The lowest BCUT2D eigenvalue weighted by molar-refractivity contribution is -0.135. The van der Waals surface area contributed by atoms with Crippen molar-refractivity contribution in [2.45, 2.75) is 31.7 Å². The van der Waals surface area contributed by atoms with E-state index in [0.29, 0.717) is 19.1 Å². The minimum Gasteiger partial charge on any atom is -0.339 e. The van der Waals surface area contributed by atoms with Crippen molar-refractivity contribution in [1.29, 1.82) is 0 Å². The number of halogens is 1. The van der Waals surface area contributed by atoms with Crippen LogP contribution in [0.5, 0.6) is 0 Å². The summed E-state index contributed by atoms with van der Waals surface area (Å²) >= 11 is 0. The molecular weight excluding hydrogens is 226 g/mol. The van der Waals surface area contributed by atoms with Gasteiger partial charge in [-0.15, -0.1) is 12.4 Å². The van der Waals surface area contributed by atoms with Gasteiger partial charge in [-0.25, -0.2) is 0 Å². The Bertz CT molecular complexity index is 209. The van der Waals surface area contributed by atoms with Gasteiger partial charge in [0.25, 0.3) is 0 Å². The standard InChI is InChI=1S/C11H23N3O.ClH/c1-13(2)9-11(15)14-8-4-3-5-10(14)6-7-12;/h10H,3-9,12H2,1-2H3;1H. The minimum atomic E-state index is 0. The topological polar surface area (TPSA) is 49.6 Å². The van der Waals surface area contributed by atoms with Gasteiger partial charge in [0.1, 0.15) is 0 Å². The molecule has 1 unspecified atom stereocenters. The summed E-state index contributed by atoms with van der Waals surface area (Å²) in [5.41, 5.74) is 5.57. The van der Waals surface area contributed by atoms with Crippen molar-refractivity contribution >= 4 is 18.3 Å². The number of piperidine rings is 1. The van der Waals surface area contributed by atoms with Crippen LogP contribution in [0.25, 0.3) is 0 Å². The molecule has 96 valence electrons. The van der Waals surface area contributed by atoms with Crippen molar-refractivity contribution in [1.82, 2.24) is 9.80 Å². The highest BCUT2D eigenvalue weighted by atomic mass is 35.5. The average Bonchev–Trinajstić information content (AvgIpc) is 2.18. The Hall–Kier alpha value is -0.320. The molecule has 0 aromatic heterocycles. The Morgan fingerprint density at radius 3 is 2.69 bits per heavy atom. The molecule has 0 radical (unpaired) electrons. The van der Waals surface area contributed by atoms with Crippen LogP contribution in [0, 0.1) is 0 Å². The summed E-state index contributed by atoms with van der Waals surface area (Å²) in [7, 11) is 3.86. The van der Waals surface area contributed by atoms with Gasteiger partial charge in [-0.1, -0.05) is 0 Å². The first kappa shape index (κ1) is 15.7. The van der Waals surface area contributed by atoms with Gasteiger partial charge in [0, 0.05) is 12.6 Å². The zero-order valence-corrected chi connectivity index (χ0v) is 11.1. The number of carbonyl (C=O) groups is 1. The fourth-order valence-corrected chi connectivity index (χ4v) is 2.18. The molecule has 1 atom stereocenters. The number of likely N-dealkylation sites (N-methyl/N-ethyl adjacent to an activating group) is 1. The highest BCUT2D eigenvalue weighted by Gasteiger charge is 2.25. The van der Waals surface area contributed by atoms with Crippen LogP contribution in [0.15, 0.2) is 0 Å². The Morgan fingerprint density at radius 1 is 1.44 bits per heavy atom. The second-order valence-corrected chi connectivity index (χ2v) is 4.55. The van der Waals surface area contributed by atoms with E-state index in [1.54, 1.807) is 0 Å². The van der Waals surface area contributed by atoms with Gasteiger partial charge in [-0.2, -0.15) is 0 Å². The number of nitrogens with two attached hydrogens (primary N) is 1. The maximum Gasteiger partial charge on any atom is 0.236 e. The van der Waals surface area contributed by atoms with Crippen molar-refractivity contribution < 1.29 is 4.79 Å². The SMILES string of the molecule is CN(C)CC(=O)N1CCCCC1CCN.Cl. The van der Waals surface area contributed by atoms with Crippen LogP contribution in [0.4, 0.5) is 0 Å². The molecule has 0 aromatic rings. The van der Waals surface area contributed by atoms with E-state index < -0.39 is 0 Å². The molecule has 1 aliphatic rings. The zero-order valence-electron chi connectivity index (χ0n) is 10.3. The number of amides is 1. The molecule has 16 heavy (non-hydrogen) atoms. The summed E-state index contributed by atoms with van der Waals surface area (Å²) in [4.78, 5) is 15.9. The van der Waals surface area contributed by atoms with E-state index in [4.69, 9.17) is 5.73 Å². The summed E-state index contributed by atoms with van der Waals surface area (Å²) in [5, 5.41) is 0. The largest absolute Gasteiger partial charge is 0.339 e. The summed E-state index contributed by atoms with van der Waals surface area (Å²) in [6.07, 6.45) is 4.44. The molecule has 5 heteroatoms. The Balaban J connectivity index is 0.00000225. The lowest BCUT2D eigenvalue weighted by Gasteiger charge is -2.36. The molecular formula is C11H24ClN3O. The van der Waals surface area contributed by atoms with Gasteiger partial charge in [0.05, 0.1) is 6.54 Å². The quantitative estimate of drug-likeness (QED) is 0.798. The second-order valence-electron chi connectivity index (χ2n) is 4.55. The van der Waals surface area contributed by atoms with Gasteiger partial charge in [-0.05, 0) is 46.3 Å². The van der Waals surface area contributed by atoms with Gasteiger partial charge in [0.15, 0.2) is 0 Å².